The van der Waals surface area contributed by atoms with Gasteiger partial charge in [-0.2, -0.15) is 5.10 Å². The summed E-state index contributed by atoms with van der Waals surface area (Å²) in [6.45, 7) is 8.95. The van der Waals surface area contributed by atoms with E-state index >= 15 is 0 Å². The van der Waals surface area contributed by atoms with Crippen LogP contribution in [-0.4, -0.2) is 14.9 Å². The number of aliphatic hydroxyl groups is 1. The molecule has 3 heteroatoms. The summed E-state index contributed by atoms with van der Waals surface area (Å²) in [6.07, 6.45) is 4.64. The summed E-state index contributed by atoms with van der Waals surface area (Å²) >= 11 is 0. The summed E-state index contributed by atoms with van der Waals surface area (Å²) in [5.41, 5.74) is 0.370. The van der Waals surface area contributed by atoms with E-state index < -0.39 is 5.60 Å². The van der Waals surface area contributed by atoms with Gasteiger partial charge >= 0.3 is 0 Å². The Balaban J connectivity index is 2.36. The maximum atomic E-state index is 11.0. The summed E-state index contributed by atoms with van der Waals surface area (Å²) in [5.74, 6) is 0. The Hall–Kier alpha value is -0.830. The minimum absolute atomic E-state index is 0.161. The first-order chi connectivity index (χ1) is 7.62. The zero-order chi connectivity index (χ0) is 12.9. The molecule has 0 aliphatic heterocycles. The smallest absolute Gasteiger partial charge is 0.109 e. The van der Waals surface area contributed by atoms with E-state index in [1.165, 1.54) is 0 Å². The maximum Gasteiger partial charge on any atom is 0.109 e. The van der Waals surface area contributed by atoms with Crippen molar-refractivity contribution in [2.75, 3.05) is 0 Å². The highest BCUT2D eigenvalue weighted by molar-refractivity contribution is 5.15. The van der Waals surface area contributed by atoms with Crippen molar-refractivity contribution >= 4 is 0 Å². The van der Waals surface area contributed by atoms with Crippen LogP contribution in [0.4, 0.5) is 0 Å². The molecule has 1 aliphatic carbocycles. The lowest BCUT2D eigenvalue weighted by atomic mass is 9.59. The molecule has 1 aliphatic rings. The van der Waals surface area contributed by atoms with Crippen molar-refractivity contribution in [3.63, 3.8) is 0 Å². The van der Waals surface area contributed by atoms with E-state index in [0.717, 1.165) is 25.0 Å². The summed E-state index contributed by atoms with van der Waals surface area (Å²) < 4.78 is 1.77. The maximum absolute atomic E-state index is 11.0. The number of aromatic nitrogens is 2. The Morgan fingerprint density at radius 1 is 1.12 bits per heavy atom. The molecule has 2 rings (SSSR count). The predicted molar refractivity (Wildman–Crippen MR) is 68.5 cm³/mol. The summed E-state index contributed by atoms with van der Waals surface area (Å²) in [4.78, 5) is 0. The third kappa shape index (κ3) is 2.54. The molecular weight excluding hydrogens is 212 g/mol. The number of hydrogen-bond acceptors (Lipinski definition) is 2. The van der Waals surface area contributed by atoms with Gasteiger partial charge in [0.25, 0.3) is 0 Å². The van der Waals surface area contributed by atoms with Crippen molar-refractivity contribution < 1.29 is 5.11 Å². The van der Waals surface area contributed by atoms with Crippen LogP contribution in [0.1, 0.15) is 52.7 Å². The Morgan fingerprint density at radius 2 is 1.65 bits per heavy atom. The normalized spacial score (nSPS) is 25.8. The van der Waals surface area contributed by atoms with Crippen LogP contribution >= 0.6 is 0 Å². The molecule has 0 bridgehead atoms. The predicted octanol–water partition coefficient (Wildman–Crippen LogP) is 2.84. The standard InChI is InChI=1S/C14H24N2O/c1-12(2)8-13(3,4)10-14(17,9-12)11-6-7-16(5)15-11/h6-7,17H,8-10H2,1-5H3. The Labute approximate surface area is 104 Å². The molecule has 0 spiro atoms. The number of hydrogen-bond donors (Lipinski definition) is 1. The number of nitrogens with zero attached hydrogens (tertiary/aromatic N) is 2. The van der Waals surface area contributed by atoms with Gasteiger partial charge in [0, 0.05) is 13.2 Å². The zero-order valence-electron chi connectivity index (χ0n) is 11.6. The second-order valence-corrected chi connectivity index (χ2v) is 7.26. The van der Waals surface area contributed by atoms with Crippen molar-refractivity contribution in [2.45, 2.75) is 52.6 Å². The van der Waals surface area contributed by atoms with E-state index in [0.29, 0.717) is 0 Å². The molecule has 1 heterocycles. The molecule has 1 aromatic rings. The van der Waals surface area contributed by atoms with Gasteiger partial charge in [0.1, 0.15) is 5.60 Å². The van der Waals surface area contributed by atoms with Gasteiger partial charge in [0.2, 0.25) is 0 Å². The summed E-state index contributed by atoms with van der Waals surface area (Å²) in [5, 5.41) is 15.4. The molecule has 1 saturated carbocycles. The van der Waals surface area contributed by atoms with Crippen LogP contribution in [0.25, 0.3) is 0 Å². The first kappa shape index (κ1) is 12.6. The van der Waals surface area contributed by atoms with Gasteiger partial charge in [-0.1, -0.05) is 27.7 Å². The quantitative estimate of drug-likeness (QED) is 0.814. The van der Waals surface area contributed by atoms with Crippen molar-refractivity contribution in [2.24, 2.45) is 17.9 Å². The van der Waals surface area contributed by atoms with Crippen LogP contribution in [-0.2, 0) is 12.6 Å². The highest BCUT2D eigenvalue weighted by Gasteiger charge is 2.48. The molecule has 0 amide bonds. The fourth-order valence-corrected chi connectivity index (χ4v) is 3.91. The van der Waals surface area contributed by atoms with E-state index in [-0.39, 0.29) is 10.8 Å². The summed E-state index contributed by atoms with van der Waals surface area (Å²) in [6, 6.07) is 1.94. The molecule has 0 aromatic carbocycles. The van der Waals surface area contributed by atoms with E-state index in [9.17, 15) is 5.11 Å². The average Bonchev–Trinajstić information content (AvgIpc) is 2.44. The van der Waals surface area contributed by atoms with Crippen LogP contribution < -0.4 is 0 Å². The Bertz CT molecular complexity index is 402. The van der Waals surface area contributed by atoms with Crippen LogP contribution in [0.2, 0.25) is 0 Å². The molecule has 1 aromatic heterocycles. The van der Waals surface area contributed by atoms with E-state index in [4.69, 9.17) is 0 Å². The molecule has 17 heavy (non-hydrogen) atoms. The largest absolute Gasteiger partial charge is 0.383 e. The molecule has 1 fully saturated rings. The van der Waals surface area contributed by atoms with Gasteiger partial charge in [0.05, 0.1) is 5.69 Å². The molecule has 0 radical (unpaired) electrons. The van der Waals surface area contributed by atoms with Gasteiger partial charge in [-0.25, -0.2) is 0 Å². The molecule has 0 atom stereocenters. The first-order valence-electron chi connectivity index (χ1n) is 6.35. The number of rotatable bonds is 1. The third-order valence-corrected chi connectivity index (χ3v) is 3.69. The molecule has 0 saturated heterocycles. The van der Waals surface area contributed by atoms with E-state index in [1.54, 1.807) is 4.68 Å². The van der Waals surface area contributed by atoms with Gasteiger partial charge in [0.15, 0.2) is 0 Å². The monoisotopic (exact) mass is 236 g/mol. The lowest BCUT2D eigenvalue weighted by Gasteiger charge is -2.48. The van der Waals surface area contributed by atoms with Crippen LogP contribution in [0.15, 0.2) is 12.3 Å². The average molecular weight is 236 g/mol. The van der Waals surface area contributed by atoms with Gasteiger partial charge in [-0.3, -0.25) is 4.68 Å². The van der Waals surface area contributed by atoms with Crippen molar-refractivity contribution in [3.05, 3.63) is 18.0 Å². The lowest BCUT2D eigenvalue weighted by Crippen LogP contribution is -2.44. The Morgan fingerprint density at radius 3 is 2.06 bits per heavy atom. The second-order valence-electron chi connectivity index (χ2n) is 7.26. The fourth-order valence-electron chi connectivity index (χ4n) is 3.91. The zero-order valence-corrected chi connectivity index (χ0v) is 11.6. The van der Waals surface area contributed by atoms with E-state index in [2.05, 4.69) is 32.8 Å². The van der Waals surface area contributed by atoms with Crippen LogP contribution in [0.3, 0.4) is 0 Å². The molecule has 0 unspecified atom stereocenters. The summed E-state index contributed by atoms with van der Waals surface area (Å²) in [7, 11) is 1.89. The topological polar surface area (TPSA) is 38.0 Å². The van der Waals surface area contributed by atoms with Crippen LogP contribution in [0, 0.1) is 10.8 Å². The minimum atomic E-state index is -0.771. The second kappa shape index (κ2) is 3.58. The molecule has 3 nitrogen and oxygen atoms in total. The molecule has 96 valence electrons. The highest BCUT2D eigenvalue weighted by atomic mass is 16.3. The first-order valence-corrected chi connectivity index (χ1v) is 6.35. The van der Waals surface area contributed by atoms with Crippen molar-refractivity contribution in [1.82, 2.24) is 9.78 Å². The van der Waals surface area contributed by atoms with E-state index in [1.807, 2.05) is 19.3 Å². The highest BCUT2D eigenvalue weighted by Crippen LogP contribution is 2.53. The molecule has 1 N–H and O–H groups in total. The Kier molecular flexibility index (Phi) is 2.66. The minimum Gasteiger partial charge on any atom is -0.383 e. The van der Waals surface area contributed by atoms with Crippen molar-refractivity contribution in [1.29, 1.82) is 0 Å². The fraction of sp³-hybridized carbons (Fsp3) is 0.786. The number of aryl methyl sites for hydroxylation is 1. The van der Waals surface area contributed by atoms with Gasteiger partial charge in [-0.05, 0) is 36.2 Å². The molecular formula is C14H24N2O. The SMILES string of the molecule is Cn1ccc(C2(O)CC(C)(C)CC(C)(C)C2)n1. The van der Waals surface area contributed by atoms with Crippen LogP contribution in [0.5, 0.6) is 0 Å². The van der Waals surface area contributed by atoms with Gasteiger partial charge < -0.3 is 5.11 Å². The van der Waals surface area contributed by atoms with Crippen molar-refractivity contribution in [3.8, 4) is 0 Å². The third-order valence-electron chi connectivity index (χ3n) is 3.69. The lowest BCUT2D eigenvalue weighted by molar-refractivity contribution is -0.0941. The van der Waals surface area contributed by atoms with Gasteiger partial charge in [-0.15, -0.1) is 0 Å².